The molecular formula is C21H28N4OS. The molecule has 0 spiro atoms. The molecule has 2 aliphatic carbocycles. The topological polar surface area (TPSA) is 59.8 Å². The fourth-order valence-electron chi connectivity index (χ4n) is 3.28. The highest BCUT2D eigenvalue weighted by Gasteiger charge is 2.36. The minimum atomic E-state index is 0.0668. The second-order valence-electron chi connectivity index (χ2n) is 8.00. The summed E-state index contributed by atoms with van der Waals surface area (Å²) in [6, 6.07) is 9.25. The molecule has 0 radical (unpaired) electrons. The molecule has 1 aromatic heterocycles. The van der Waals surface area contributed by atoms with Crippen molar-refractivity contribution in [3.8, 4) is 0 Å². The average molecular weight is 385 g/mol. The molecule has 0 saturated heterocycles. The Kier molecular flexibility index (Phi) is 5.53. The van der Waals surface area contributed by atoms with Gasteiger partial charge in [0.05, 0.1) is 5.75 Å². The molecule has 2 aliphatic rings. The van der Waals surface area contributed by atoms with Crippen LogP contribution in [0.15, 0.2) is 29.4 Å². The second-order valence-corrected chi connectivity index (χ2v) is 8.94. The van der Waals surface area contributed by atoms with Gasteiger partial charge in [0.25, 0.3) is 0 Å². The first-order valence-corrected chi connectivity index (χ1v) is 11.0. The van der Waals surface area contributed by atoms with Crippen molar-refractivity contribution in [3.63, 3.8) is 0 Å². The lowest BCUT2D eigenvalue weighted by Gasteiger charge is -2.09. The normalized spacial score (nSPS) is 16.7. The number of rotatable bonds is 9. The van der Waals surface area contributed by atoms with E-state index in [2.05, 4.69) is 58.2 Å². The monoisotopic (exact) mass is 384 g/mol. The van der Waals surface area contributed by atoms with Gasteiger partial charge < -0.3 is 9.88 Å². The number of hydrogen-bond donors (Lipinski definition) is 1. The third kappa shape index (κ3) is 4.72. The molecule has 27 heavy (non-hydrogen) atoms. The highest BCUT2D eigenvalue weighted by Crippen LogP contribution is 2.45. The minimum absolute atomic E-state index is 0.0668. The largest absolute Gasteiger partial charge is 0.355 e. The standard InChI is InChI=1S/C21H28N4OS/c1-14(2)16-5-3-15(4-6-16)11-12-22-19(26)13-27-21-24-23-20(17-7-8-17)25(21)18-9-10-18/h3-6,14,17-18H,7-13H2,1-2H3,(H,22,26). The third-order valence-electron chi connectivity index (χ3n) is 5.26. The van der Waals surface area contributed by atoms with Gasteiger partial charge in [-0.1, -0.05) is 49.9 Å². The summed E-state index contributed by atoms with van der Waals surface area (Å²) in [5.74, 6) is 2.77. The van der Waals surface area contributed by atoms with E-state index in [4.69, 9.17) is 0 Å². The molecule has 2 fully saturated rings. The number of carbonyl (C=O) groups excluding carboxylic acids is 1. The summed E-state index contributed by atoms with van der Waals surface area (Å²) < 4.78 is 2.30. The maximum Gasteiger partial charge on any atom is 0.230 e. The summed E-state index contributed by atoms with van der Waals surface area (Å²) in [6.45, 7) is 5.07. The van der Waals surface area contributed by atoms with Crippen molar-refractivity contribution in [1.29, 1.82) is 0 Å². The summed E-state index contributed by atoms with van der Waals surface area (Å²) in [5, 5.41) is 12.7. The van der Waals surface area contributed by atoms with Gasteiger partial charge in [-0.05, 0) is 49.1 Å². The van der Waals surface area contributed by atoms with E-state index < -0.39 is 0 Å². The Labute approximate surface area is 165 Å². The van der Waals surface area contributed by atoms with Crippen molar-refractivity contribution in [3.05, 3.63) is 41.2 Å². The first-order valence-electron chi connectivity index (χ1n) is 10.0. The number of hydrogen-bond acceptors (Lipinski definition) is 4. The zero-order valence-corrected chi connectivity index (χ0v) is 17.0. The smallest absolute Gasteiger partial charge is 0.230 e. The molecule has 2 saturated carbocycles. The molecule has 1 aromatic carbocycles. The predicted molar refractivity (Wildman–Crippen MR) is 108 cm³/mol. The summed E-state index contributed by atoms with van der Waals surface area (Å²) in [6.07, 6.45) is 5.75. The Bertz CT molecular complexity index is 791. The molecule has 1 N–H and O–H groups in total. The Morgan fingerprint density at radius 1 is 1.19 bits per heavy atom. The number of thioether (sulfide) groups is 1. The summed E-state index contributed by atoms with van der Waals surface area (Å²) >= 11 is 1.52. The molecule has 2 aromatic rings. The number of benzene rings is 1. The number of amides is 1. The van der Waals surface area contributed by atoms with E-state index in [0.29, 0.717) is 30.2 Å². The Morgan fingerprint density at radius 2 is 1.93 bits per heavy atom. The first kappa shape index (κ1) is 18.5. The summed E-state index contributed by atoms with van der Waals surface area (Å²) in [4.78, 5) is 12.2. The van der Waals surface area contributed by atoms with E-state index in [1.165, 1.54) is 48.6 Å². The van der Waals surface area contributed by atoms with Crippen LogP contribution in [0.4, 0.5) is 0 Å². The van der Waals surface area contributed by atoms with Crippen LogP contribution >= 0.6 is 11.8 Å². The van der Waals surface area contributed by atoms with Gasteiger partial charge in [-0.2, -0.15) is 0 Å². The molecule has 1 amide bonds. The SMILES string of the molecule is CC(C)c1ccc(CCNC(=O)CSc2nnc(C3CC3)n2C2CC2)cc1. The van der Waals surface area contributed by atoms with E-state index in [9.17, 15) is 4.79 Å². The Hall–Kier alpha value is -1.82. The molecule has 1 heterocycles. The molecule has 0 unspecified atom stereocenters. The van der Waals surface area contributed by atoms with Crippen LogP contribution in [0.25, 0.3) is 0 Å². The summed E-state index contributed by atoms with van der Waals surface area (Å²) in [5.41, 5.74) is 2.61. The van der Waals surface area contributed by atoms with Crippen LogP contribution in [0.5, 0.6) is 0 Å². The maximum atomic E-state index is 12.2. The van der Waals surface area contributed by atoms with Crippen LogP contribution in [0.1, 0.15) is 74.4 Å². The lowest BCUT2D eigenvalue weighted by atomic mass is 10.0. The van der Waals surface area contributed by atoms with Gasteiger partial charge in [0.15, 0.2) is 5.16 Å². The highest BCUT2D eigenvalue weighted by molar-refractivity contribution is 7.99. The molecule has 0 atom stereocenters. The summed E-state index contributed by atoms with van der Waals surface area (Å²) in [7, 11) is 0. The van der Waals surface area contributed by atoms with Crippen molar-refractivity contribution in [2.45, 2.75) is 69.0 Å². The van der Waals surface area contributed by atoms with E-state index >= 15 is 0 Å². The molecule has 0 bridgehead atoms. The van der Waals surface area contributed by atoms with E-state index in [0.717, 1.165) is 17.4 Å². The van der Waals surface area contributed by atoms with Gasteiger partial charge in [0, 0.05) is 18.5 Å². The van der Waals surface area contributed by atoms with Gasteiger partial charge in [-0.15, -0.1) is 10.2 Å². The molecule has 4 rings (SSSR count). The highest BCUT2D eigenvalue weighted by atomic mass is 32.2. The Balaban J connectivity index is 1.23. The lowest BCUT2D eigenvalue weighted by Crippen LogP contribution is -2.27. The van der Waals surface area contributed by atoms with Crippen molar-refractivity contribution >= 4 is 17.7 Å². The maximum absolute atomic E-state index is 12.2. The van der Waals surface area contributed by atoms with Gasteiger partial charge in [0.1, 0.15) is 5.82 Å². The van der Waals surface area contributed by atoms with Crippen LogP contribution in [-0.4, -0.2) is 33.0 Å². The quantitative estimate of drug-likeness (QED) is 0.662. The van der Waals surface area contributed by atoms with Crippen LogP contribution in [-0.2, 0) is 11.2 Å². The van der Waals surface area contributed by atoms with Crippen LogP contribution in [0.3, 0.4) is 0 Å². The fourth-order valence-corrected chi connectivity index (χ4v) is 4.12. The number of nitrogens with one attached hydrogen (secondary N) is 1. The molecule has 0 aliphatic heterocycles. The van der Waals surface area contributed by atoms with Gasteiger partial charge in [-0.25, -0.2) is 0 Å². The molecule has 144 valence electrons. The minimum Gasteiger partial charge on any atom is -0.355 e. The fraction of sp³-hybridized carbons (Fsp3) is 0.571. The lowest BCUT2D eigenvalue weighted by molar-refractivity contribution is -0.118. The van der Waals surface area contributed by atoms with Gasteiger partial charge in [0.2, 0.25) is 5.91 Å². The van der Waals surface area contributed by atoms with Crippen LogP contribution < -0.4 is 5.32 Å². The molecule has 5 nitrogen and oxygen atoms in total. The average Bonchev–Trinajstić information content (AvgIpc) is 3.59. The number of aromatic nitrogens is 3. The Morgan fingerprint density at radius 3 is 2.56 bits per heavy atom. The van der Waals surface area contributed by atoms with E-state index in [-0.39, 0.29) is 5.91 Å². The van der Waals surface area contributed by atoms with Gasteiger partial charge in [-0.3, -0.25) is 4.79 Å². The second kappa shape index (κ2) is 8.05. The molecular weight excluding hydrogens is 356 g/mol. The van der Waals surface area contributed by atoms with Crippen molar-refractivity contribution in [1.82, 2.24) is 20.1 Å². The number of carbonyl (C=O) groups is 1. The van der Waals surface area contributed by atoms with Gasteiger partial charge >= 0.3 is 0 Å². The van der Waals surface area contributed by atoms with Crippen molar-refractivity contribution in [2.75, 3.05) is 12.3 Å². The predicted octanol–water partition coefficient (Wildman–Crippen LogP) is 4.06. The third-order valence-corrected chi connectivity index (χ3v) is 6.20. The van der Waals surface area contributed by atoms with Crippen LogP contribution in [0.2, 0.25) is 0 Å². The van der Waals surface area contributed by atoms with E-state index in [1.807, 2.05) is 0 Å². The first-order chi connectivity index (χ1) is 13.1. The number of nitrogens with zero attached hydrogens (tertiary/aromatic N) is 3. The van der Waals surface area contributed by atoms with Crippen molar-refractivity contribution < 1.29 is 4.79 Å². The zero-order valence-electron chi connectivity index (χ0n) is 16.1. The van der Waals surface area contributed by atoms with E-state index in [1.54, 1.807) is 0 Å². The zero-order chi connectivity index (χ0) is 18.8. The molecule has 6 heteroatoms. The van der Waals surface area contributed by atoms with Crippen molar-refractivity contribution in [2.24, 2.45) is 0 Å². The van der Waals surface area contributed by atoms with Crippen LogP contribution in [0, 0.1) is 0 Å².